The fourth-order valence-corrected chi connectivity index (χ4v) is 2.34. The molecule has 0 atom stereocenters. The molecule has 0 bridgehead atoms. The molecular formula is C16H14. The van der Waals surface area contributed by atoms with Crippen LogP contribution in [0.2, 0.25) is 0 Å². The van der Waals surface area contributed by atoms with Crippen molar-refractivity contribution in [1.29, 1.82) is 0 Å². The van der Waals surface area contributed by atoms with Crippen molar-refractivity contribution >= 4 is 10.8 Å². The fraction of sp³-hybridized carbons (Fsp3) is 0.125. The molecule has 0 spiro atoms. The van der Waals surface area contributed by atoms with Gasteiger partial charge in [0.15, 0.2) is 0 Å². The zero-order valence-corrected chi connectivity index (χ0v) is 9.14. The van der Waals surface area contributed by atoms with Crippen LogP contribution in [0.1, 0.15) is 5.56 Å². The van der Waals surface area contributed by atoms with Crippen molar-refractivity contribution in [2.75, 3.05) is 0 Å². The molecule has 3 rings (SSSR count). The fourth-order valence-electron chi connectivity index (χ4n) is 2.34. The summed E-state index contributed by atoms with van der Waals surface area (Å²) in [5, 5.41) is 2.73. The van der Waals surface area contributed by atoms with Gasteiger partial charge < -0.3 is 0 Å². The van der Waals surface area contributed by atoms with Crippen LogP contribution in [0.3, 0.4) is 0 Å². The van der Waals surface area contributed by atoms with Crippen LogP contribution >= 0.6 is 0 Å². The van der Waals surface area contributed by atoms with Crippen molar-refractivity contribution in [3.05, 3.63) is 72.3 Å². The van der Waals surface area contributed by atoms with Gasteiger partial charge in [-0.25, -0.2) is 0 Å². The van der Waals surface area contributed by atoms with Gasteiger partial charge in [-0.15, -0.1) is 0 Å². The highest BCUT2D eigenvalue weighted by Crippen LogP contribution is 2.23. The van der Waals surface area contributed by atoms with E-state index in [0.717, 1.165) is 6.42 Å². The van der Waals surface area contributed by atoms with Crippen LogP contribution in [-0.4, -0.2) is 0 Å². The van der Waals surface area contributed by atoms with Gasteiger partial charge in [-0.3, -0.25) is 0 Å². The molecule has 2 aromatic carbocycles. The van der Waals surface area contributed by atoms with Gasteiger partial charge in [0.05, 0.1) is 0 Å². The highest BCUT2D eigenvalue weighted by Gasteiger charge is 2.07. The van der Waals surface area contributed by atoms with Crippen LogP contribution in [-0.2, 0) is 6.42 Å². The van der Waals surface area contributed by atoms with Crippen molar-refractivity contribution in [3.8, 4) is 0 Å². The molecule has 0 heteroatoms. The molecular weight excluding hydrogens is 192 g/mol. The Hall–Kier alpha value is -1.82. The molecule has 1 aliphatic rings. The Morgan fingerprint density at radius 3 is 2.44 bits per heavy atom. The number of benzene rings is 2. The first kappa shape index (κ1) is 9.41. The number of hydrogen-bond donors (Lipinski definition) is 0. The molecule has 0 amide bonds. The summed E-state index contributed by atoms with van der Waals surface area (Å²) < 4.78 is 0. The Morgan fingerprint density at radius 2 is 1.56 bits per heavy atom. The topological polar surface area (TPSA) is 0 Å². The van der Waals surface area contributed by atoms with E-state index in [1.807, 2.05) is 0 Å². The van der Waals surface area contributed by atoms with E-state index in [-0.39, 0.29) is 0 Å². The first-order chi connectivity index (χ1) is 7.93. The van der Waals surface area contributed by atoms with Gasteiger partial charge in [0.1, 0.15) is 0 Å². The minimum atomic E-state index is 0.575. The minimum absolute atomic E-state index is 0.575. The Bertz CT molecular complexity index is 544. The third-order valence-electron chi connectivity index (χ3n) is 3.16. The average molecular weight is 206 g/mol. The van der Waals surface area contributed by atoms with Gasteiger partial charge >= 0.3 is 0 Å². The predicted molar refractivity (Wildman–Crippen MR) is 69.4 cm³/mol. The van der Waals surface area contributed by atoms with Crippen LogP contribution in [0.15, 0.2) is 66.8 Å². The largest absolute Gasteiger partial charge is 0.0773 e. The van der Waals surface area contributed by atoms with Crippen LogP contribution in [0.5, 0.6) is 0 Å². The molecule has 0 nitrogen and oxygen atoms in total. The van der Waals surface area contributed by atoms with Gasteiger partial charge in [0.25, 0.3) is 0 Å². The van der Waals surface area contributed by atoms with Crippen LogP contribution in [0.4, 0.5) is 0 Å². The van der Waals surface area contributed by atoms with Crippen LogP contribution < -0.4 is 0 Å². The molecule has 0 aliphatic heterocycles. The second-order valence-electron chi connectivity index (χ2n) is 4.28. The van der Waals surface area contributed by atoms with Gasteiger partial charge in [0, 0.05) is 0 Å². The van der Waals surface area contributed by atoms with E-state index < -0.39 is 0 Å². The quantitative estimate of drug-likeness (QED) is 0.693. The Balaban J connectivity index is 2.02. The van der Waals surface area contributed by atoms with Gasteiger partial charge in [-0.05, 0) is 28.7 Å². The van der Waals surface area contributed by atoms with Crippen LogP contribution in [0.25, 0.3) is 10.8 Å². The molecule has 0 N–H and O–H groups in total. The van der Waals surface area contributed by atoms with Gasteiger partial charge in [-0.2, -0.15) is 0 Å². The standard InChI is InChI=1S/C16H14/c1-2-7-13(6-1)12-15-10-5-9-14-8-3-4-11-16(14)15/h1-11,13H,12H2. The summed E-state index contributed by atoms with van der Waals surface area (Å²) in [5.41, 5.74) is 1.44. The number of rotatable bonds is 2. The zero-order chi connectivity index (χ0) is 10.8. The van der Waals surface area contributed by atoms with Crippen molar-refractivity contribution in [3.63, 3.8) is 0 Å². The SMILES string of the molecule is C1=CC(Cc2cccc3ccccc23)C=C1. The smallest absolute Gasteiger partial charge is 0.000661 e. The summed E-state index contributed by atoms with van der Waals surface area (Å²) in [6, 6.07) is 15.2. The lowest BCUT2D eigenvalue weighted by atomic mass is 9.96. The molecule has 0 fully saturated rings. The molecule has 16 heavy (non-hydrogen) atoms. The summed E-state index contributed by atoms with van der Waals surface area (Å²) in [6.07, 6.45) is 9.91. The maximum absolute atomic E-state index is 2.27. The highest BCUT2D eigenvalue weighted by atomic mass is 14.1. The molecule has 2 aromatic rings. The highest BCUT2D eigenvalue weighted by molar-refractivity contribution is 5.85. The van der Waals surface area contributed by atoms with E-state index in [1.165, 1.54) is 16.3 Å². The van der Waals surface area contributed by atoms with E-state index in [4.69, 9.17) is 0 Å². The third kappa shape index (κ3) is 1.67. The molecule has 78 valence electrons. The molecule has 1 aliphatic carbocycles. The summed E-state index contributed by atoms with van der Waals surface area (Å²) >= 11 is 0. The first-order valence-corrected chi connectivity index (χ1v) is 5.75. The summed E-state index contributed by atoms with van der Waals surface area (Å²) in [4.78, 5) is 0. The monoisotopic (exact) mass is 206 g/mol. The van der Waals surface area contributed by atoms with Crippen LogP contribution in [0, 0.1) is 5.92 Å². The molecule has 0 heterocycles. The molecule has 0 radical (unpaired) electrons. The maximum atomic E-state index is 2.27. The first-order valence-electron chi connectivity index (χ1n) is 5.75. The predicted octanol–water partition coefficient (Wildman–Crippen LogP) is 4.12. The number of fused-ring (bicyclic) bond motifs is 1. The normalized spacial score (nSPS) is 15.0. The van der Waals surface area contributed by atoms with E-state index in [9.17, 15) is 0 Å². The van der Waals surface area contributed by atoms with Gasteiger partial charge in [-0.1, -0.05) is 66.8 Å². The van der Waals surface area contributed by atoms with E-state index in [1.54, 1.807) is 0 Å². The zero-order valence-electron chi connectivity index (χ0n) is 9.14. The molecule has 0 unspecified atom stereocenters. The molecule has 0 saturated carbocycles. The lowest BCUT2D eigenvalue weighted by molar-refractivity contribution is 0.822. The summed E-state index contributed by atoms with van der Waals surface area (Å²) in [7, 11) is 0. The Labute approximate surface area is 95.9 Å². The molecule has 0 aromatic heterocycles. The van der Waals surface area contributed by atoms with Crippen molar-refractivity contribution < 1.29 is 0 Å². The van der Waals surface area contributed by atoms with Crippen molar-refractivity contribution in [2.24, 2.45) is 5.92 Å². The Morgan fingerprint density at radius 1 is 0.812 bits per heavy atom. The minimum Gasteiger partial charge on any atom is -0.0773 e. The number of hydrogen-bond acceptors (Lipinski definition) is 0. The molecule has 0 saturated heterocycles. The second-order valence-corrected chi connectivity index (χ2v) is 4.28. The lowest BCUT2D eigenvalue weighted by Gasteiger charge is -2.09. The second kappa shape index (κ2) is 3.97. The van der Waals surface area contributed by atoms with E-state index in [2.05, 4.69) is 66.8 Å². The number of allylic oxidation sites excluding steroid dienone is 4. The van der Waals surface area contributed by atoms with E-state index in [0.29, 0.717) is 5.92 Å². The maximum Gasteiger partial charge on any atom is -0.000661 e. The van der Waals surface area contributed by atoms with E-state index >= 15 is 0 Å². The summed E-state index contributed by atoms with van der Waals surface area (Å²) in [6.45, 7) is 0. The third-order valence-corrected chi connectivity index (χ3v) is 3.16. The Kier molecular flexibility index (Phi) is 2.34. The van der Waals surface area contributed by atoms with Crippen molar-refractivity contribution in [2.45, 2.75) is 6.42 Å². The summed E-state index contributed by atoms with van der Waals surface area (Å²) in [5.74, 6) is 0.575. The van der Waals surface area contributed by atoms with Crippen molar-refractivity contribution in [1.82, 2.24) is 0 Å². The van der Waals surface area contributed by atoms with Gasteiger partial charge in [0.2, 0.25) is 0 Å². The average Bonchev–Trinajstić information content (AvgIpc) is 2.82. The lowest BCUT2D eigenvalue weighted by Crippen LogP contribution is -1.96.